The Bertz CT molecular complexity index is 2890. The van der Waals surface area contributed by atoms with Gasteiger partial charge in [-0.2, -0.15) is 0 Å². The maximum absolute atomic E-state index is 6.22. The molecule has 2 heteroatoms. The molecule has 1 heterocycles. The first kappa shape index (κ1) is 30.0. The van der Waals surface area contributed by atoms with Crippen molar-refractivity contribution in [1.29, 1.82) is 0 Å². The Hall–Kier alpha value is -6.90. The van der Waals surface area contributed by atoms with Crippen molar-refractivity contribution >= 4 is 60.5 Å². The Morgan fingerprint density at radius 2 is 0.885 bits per heavy atom. The van der Waals surface area contributed by atoms with Gasteiger partial charge in [0.25, 0.3) is 0 Å². The Morgan fingerprint density at radius 3 is 1.71 bits per heavy atom. The maximum atomic E-state index is 6.22. The lowest BCUT2D eigenvalue weighted by Gasteiger charge is -2.28. The van der Waals surface area contributed by atoms with Crippen molar-refractivity contribution < 1.29 is 4.42 Å². The van der Waals surface area contributed by atoms with Crippen molar-refractivity contribution in [2.45, 2.75) is 0 Å². The van der Waals surface area contributed by atoms with Crippen LogP contribution in [0, 0.1) is 0 Å². The smallest absolute Gasteiger partial charge is 0.136 e. The highest BCUT2D eigenvalue weighted by Gasteiger charge is 2.18. The van der Waals surface area contributed by atoms with Crippen LogP contribution >= 0.6 is 0 Å². The van der Waals surface area contributed by atoms with Gasteiger partial charge in [0.15, 0.2) is 0 Å². The third-order valence-corrected chi connectivity index (χ3v) is 10.3. The second kappa shape index (κ2) is 12.5. The van der Waals surface area contributed by atoms with Crippen LogP contribution in [0.4, 0.5) is 17.1 Å². The molecule has 0 amide bonds. The molecule has 0 saturated heterocycles. The zero-order valence-electron chi connectivity index (χ0n) is 28.4. The van der Waals surface area contributed by atoms with Crippen molar-refractivity contribution in [2.75, 3.05) is 4.90 Å². The molecule has 0 fully saturated rings. The molecule has 0 aliphatic carbocycles. The van der Waals surface area contributed by atoms with Gasteiger partial charge >= 0.3 is 0 Å². The van der Waals surface area contributed by atoms with E-state index in [2.05, 4.69) is 193 Å². The molecule has 0 atom stereocenters. The average molecular weight is 664 g/mol. The monoisotopic (exact) mass is 663 g/mol. The summed E-state index contributed by atoms with van der Waals surface area (Å²) in [4.78, 5) is 2.37. The number of nitrogens with zero attached hydrogens (tertiary/aromatic N) is 1. The standard InChI is InChI=1S/C50H33NO/c1-2-11-35(12-3-1)43-15-6-8-19-48(43)51(39-27-21-34(22-28-39)38-26-32-47-46-16-7-9-20-49(46)52-50(47)33-38)40-29-23-37(24-30-40)42-17-10-18-44-41-14-5-4-13-36(41)25-31-45(42)44/h1-33H. The molecule has 0 bridgehead atoms. The summed E-state index contributed by atoms with van der Waals surface area (Å²) < 4.78 is 6.22. The number of anilines is 3. The number of rotatable bonds is 6. The molecule has 0 aliphatic heterocycles. The maximum Gasteiger partial charge on any atom is 0.136 e. The fourth-order valence-corrected chi connectivity index (χ4v) is 7.75. The molecule has 2 nitrogen and oxygen atoms in total. The second-order valence-electron chi connectivity index (χ2n) is 13.3. The summed E-state index contributed by atoms with van der Waals surface area (Å²) >= 11 is 0. The zero-order valence-corrected chi connectivity index (χ0v) is 28.4. The normalized spacial score (nSPS) is 11.5. The van der Waals surface area contributed by atoms with Crippen molar-refractivity contribution in [1.82, 2.24) is 0 Å². The fourth-order valence-electron chi connectivity index (χ4n) is 7.75. The van der Waals surface area contributed by atoms with Crippen LogP contribution in [0.3, 0.4) is 0 Å². The van der Waals surface area contributed by atoms with E-state index < -0.39 is 0 Å². The van der Waals surface area contributed by atoms with E-state index in [0.29, 0.717) is 0 Å². The minimum atomic E-state index is 0.903. The average Bonchev–Trinajstić information content (AvgIpc) is 3.60. The van der Waals surface area contributed by atoms with Crippen LogP contribution in [0.1, 0.15) is 0 Å². The van der Waals surface area contributed by atoms with Gasteiger partial charge in [-0.25, -0.2) is 0 Å². The molecular formula is C50H33NO. The van der Waals surface area contributed by atoms with Crippen molar-refractivity contribution in [3.05, 3.63) is 200 Å². The molecule has 0 aliphatic rings. The summed E-state index contributed by atoms with van der Waals surface area (Å²) in [5.74, 6) is 0. The summed E-state index contributed by atoms with van der Waals surface area (Å²) in [6.45, 7) is 0. The molecule has 52 heavy (non-hydrogen) atoms. The number of benzene rings is 9. The van der Waals surface area contributed by atoms with Gasteiger partial charge < -0.3 is 9.32 Å². The molecule has 0 spiro atoms. The molecule has 0 radical (unpaired) electrons. The van der Waals surface area contributed by atoms with Gasteiger partial charge in [0.05, 0.1) is 5.69 Å². The quantitative estimate of drug-likeness (QED) is 0.165. The molecule has 10 rings (SSSR count). The molecule has 10 aromatic rings. The largest absolute Gasteiger partial charge is 0.456 e. The molecular weight excluding hydrogens is 631 g/mol. The lowest BCUT2D eigenvalue weighted by Crippen LogP contribution is -2.11. The van der Waals surface area contributed by atoms with Gasteiger partial charge in [-0.15, -0.1) is 0 Å². The van der Waals surface area contributed by atoms with Crippen LogP contribution < -0.4 is 4.90 Å². The molecule has 0 N–H and O–H groups in total. The molecule has 0 unspecified atom stereocenters. The predicted octanol–water partition coefficient (Wildman–Crippen LogP) is 14.4. The van der Waals surface area contributed by atoms with Crippen molar-refractivity contribution in [2.24, 2.45) is 0 Å². The van der Waals surface area contributed by atoms with Crippen LogP contribution in [-0.4, -0.2) is 0 Å². The van der Waals surface area contributed by atoms with Gasteiger partial charge in [0.2, 0.25) is 0 Å². The first-order chi connectivity index (χ1) is 25.8. The van der Waals surface area contributed by atoms with E-state index in [1.165, 1.54) is 43.8 Å². The van der Waals surface area contributed by atoms with Gasteiger partial charge in [-0.05, 0) is 97.9 Å². The summed E-state index contributed by atoms with van der Waals surface area (Å²) in [7, 11) is 0. The topological polar surface area (TPSA) is 16.4 Å². The second-order valence-corrected chi connectivity index (χ2v) is 13.3. The Balaban J connectivity index is 1.07. The lowest BCUT2D eigenvalue weighted by molar-refractivity contribution is 0.669. The summed E-state index contributed by atoms with van der Waals surface area (Å²) in [5, 5.41) is 7.36. The summed E-state index contributed by atoms with van der Waals surface area (Å²) in [5.41, 5.74) is 12.2. The number of para-hydroxylation sites is 2. The minimum absolute atomic E-state index is 0.903. The third kappa shape index (κ3) is 5.12. The number of hydrogen-bond acceptors (Lipinski definition) is 2. The van der Waals surface area contributed by atoms with E-state index in [4.69, 9.17) is 4.42 Å². The predicted molar refractivity (Wildman–Crippen MR) is 220 cm³/mol. The van der Waals surface area contributed by atoms with Gasteiger partial charge in [0.1, 0.15) is 11.2 Å². The minimum Gasteiger partial charge on any atom is -0.456 e. The van der Waals surface area contributed by atoms with E-state index in [1.54, 1.807) is 0 Å². The van der Waals surface area contributed by atoms with E-state index in [0.717, 1.165) is 50.1 Å². The first-order valence-corrected chi connectivity index (χ1v) is 17.8. The highest BCUT2D eigenvalue weighted by Crippen LogP contribution is 2.43. The molecule has 9 aromatic carbocycles. The van der Waals surface area contributed by atoms with Gasteiger partial charge in [0, 0.05) is 27.7 Å². The highest BCUT2D eigenvalue weighted by molar-refractivity contribution is 6.12. The summed E-state index contributed by atoms with van der Waals surface area (Å²) in [6.07, 6.45) is 0. The Morgan fingerprint density at radius 1 is 0.308 bits per heavy atom. The van der Waals surface area contributed by atoms with Crippen LogP contribution in [0.25, 0.3) is 76.9 Å². The Kier molecular flexibility index (Phi) is 7.18. The van der Waals surface area contributed by atoms with Crippen molar-refractivity contribution in [3.8, 4) is 33.4 Å². The molecule has 244 valence electrons. The van der Waals surface area contributed by atoms with Crippen LogP contribution in [0.5, 0.6) is 0 Å². The van der Waals surface area contributed by atoms with Crippen LogP contribution in [-0.2, 0) is 0 Å². The number of hydrogen-bond donors (Lipinski definition) is 0. The van der Waals surface area contributed by atoms with Gasteiger partial charge in [-0.1, -0.05) is 152 Å². The molecule has 0 saturated carbocycles. The molecule has 1 aromatic heterocycles. The lowest BCUT2D eigenvalue weighted by atomic mass is 9.94. The Labute approximate surface area is 302 Å². The van der Waals surface area contributed by atoms with E-state index in [1.807, 2.05) is 12.1 Å². The zero-order chi connectivity index (χ0) is 34.4. The summed E-state index contributed by atoms with van der Waals surface area (Å²) in [6, 6.07) is 71.7. The first-order valence-electron chi connectivity index (χ1n) is 17.8. The number of fused-ring (bicyclic) bond motifs is 6. The van der Waals surface area contributed by atoms with Crippen LogP contribution in [0.2, 0.25) is 0 Å². The SMILES string of the molecule is c1ccc(-c2ccccc2N(c2ccc(-c3ccc4c(c3)oc3ccccc34)cc2)c2ccc(-c3cccc4c3ccc3ccccc34)cc2)cc1. The van der Waals surface area contributed by atoms with Gasteiger partial charge in [-0.3, -0.25) is 0 Å². The van der Waals surface area contributed by atoms with E-state index in [9.17, 15) is 0 Å². The van der Waals surface area contributed by atoms with Crippen molar-refractivity contribution in [3.63, 3.8) is 0 Å². The third-order valence-electron chi connectivity index (χ3n) is 10.3. The fraction of sp³-hybridized carbons (Fsp3) is 0. The van der Waals surface area contributed by atoms with Crippen LogP contribution in [0.15, 0.2) is 205 Å². The highest BCUT2D eigenvalue weighted by atomic mass is 16.3. The van der Waals surface area contributed by atoms with E-state index in [-0.39, 0.29) is 0 Å². The number of furan rings is 1. The van der Waals surface area contributed by atoms with E-state index >= 15 is 0 Å².